The molecule has 0 aliphatic rings. The largest absolute Gasteiger partial charge is 0.419 e. The molecule has 0 aromatic carbocycles. The second kappa shape index (κ2) is 4.51. The summed E-state index contributed by atoms with van der Waals surface area (Å²) in [7, 11) is 0. The van der Waals surface area contributed by atoms with E-state index in [0.717, 1.165) is 0 Å². The van der Waals surface area contributed by atoms with E-state index < -0.39 is 5.63 Å². The molecule has 0 saturated heterocycles. The van der Waals surface area contributed by atoms with Crippen LogP contribution in [-0.4, -0.2) is 10.1 Å². The monoisotopic (exact) mass is 242 g/mol. The summed E-state index contributed by atoms with van der Waals surface area (Å²) in [6, 6.07) is 1.50. The first-order valence-electron chi connectivity index (χ1n) is 4.42. The fourth-order valence-corrected chi connectivity index (χ4v) is 1.42. The highest BCUT2D eigenvalue weighted by Crippen LogP contribution is 2.20. The molecule has 0 fully saturated rings. The van der Waals surface area contributed by atoms with Gasteiger partial charge >= 0.3 is 5.63 Å². The zero-order chi connectivity index (χ0) is 11.0. The zero-order valence-corrected chi connectivity index (χ0v) is 9.37. The van der Waals surface area contributed by atoms with Gasteiger partial charge in [0.25, 0.3) is 0 Å². The molecule has 16 heavy (non-hydrogen) atoms. The zero-order valence-electron chi connectivity index (χ0n) is 8.56. The van der Waals surface area contributed by atoms with Gasteiger partial charge in [0.05, 0.1) is 12.3 Å². The summed E-state index contributed by atoms with van der Waals surface area (Å²) < 4.78 is 5.01. The van der Waals surface area contributed by atoms with Gasteiger partial charge in [0, 0.05) is 17.1 Å². The number of nitrogens with zero attached hydrogens (tertiary/aromatic N) is 1. The molecule has 0 amide bonds. The van der Waals surface area contributed by atoms with E-state index in [1.165, 1.54) is 12.3 Å². The summed E-state index contributed by atoms with van der Waals surface area (Å²) in [6.45, 7) is 1.56. The molecule has 0 atom stereocenters. The number of halogens is 1. The van der Waals surface area contributed by atoms with Gasteiger partial charge in [0.2, 0.25) is 0 Å². The lowest BCUT2D eigenvalue weighted by atomic mass is 10.1. The van der Waals surface area contributed by atoms with E-state index in [0.29, 0.717) is 22.2 Å². The van der Waals surface area contributed by atoms with Gasteiger partial charge < -0.3 is 15.3 Å². The van der Waals surface area contributed by atoms with Gasteiger partial charge in [-0.3, -0.25) is 4.98 Å². The van der Waals surface area contributed by atoms with Crippen LogP contribution in [0.4, 0.5) is 5.69 Å². The summed E-state index contributed by atoms with van der Waals surface area (Å²) in [4.78, 5) is 15.2. The van der Waals surface area contributed by atoms with Crippen molar-refractivity contribution in [1.29, 1.82) is 0 Å². The normalized spacial score (nSPS) is 10.1. The Hall–Kier alpha value is -1.59. The lowest BCUT2D eigenvalue weighted by Crippen LogP contribution is -2.07. The Morgan fingerprint density at radius 1 is 1.56 bits per heavy atom. The molecule has 2 rings (SSSR count). The summed E-state index contributed by atoms with van der Waals surface area (Å²) >= 11 is 0. The van der Waals surface area contributed by atoms with Gasteiger partial charge in [-0.25, -0.2) is 4.79 Å². The highest BCUT2D eigenvalue weighted by atomic mass is 35.5. The Balaban J connectivity index is 0.00000128. The van der Waals surface area contributed by atoms with Crippen molar-refractivity contribution in [3.05, 3.63) is 33.9 Å². The van der Waals surface area contributed by atoms with Crippen LogP contribution in [0.3, 0.4) is 0 Å². The maximum absolute atomic E-state index is 11.2. The third-order valence-corrected chi connectivity index (χ3v) is 2.23. The number of anilines is 1. The van der Waals surface area contributed by atoms with Crippen LogP contribution >= 0.6 is 12.4 Å². The molecule has 0 aliphatic heterocycles. The number of fused-ring (bicyclic) bond motifs is 1. The van der Waals surface area contributed by atoms with Crippen LogP contribution in [0, 0.1) is 6.92 Å². The lowest BCUT2D eigenvalue weighted by Gasteiger charge is -2.04. The molecular weight excluding hydrogens is 232 g/mol. The quantitative estimate of drug-likeness (QED) is 0.779. The van der Waals surface area contributed by atoms with E-state index in [-0.39, 0.29) is 24.7 Å². The highest BCUT2D eigenvalue weighted by Gasteiger charge is 2.09. The molecule has 2 aromatic rings. The number of hydrogen-bond acceptors (Lipinski definition) is 5. The Morgan fingerprint density at radius 2 is 2.25 bits per heavy atom. The summed E-state index contributed by atoms with van der Waals surface area (Å²) in [5.41, 5.74) is 6.46. The van der Waals surface area contributed by atoms with E-state index in [4.69, 9.17) is 15.3 Å². The van der Waals surface area contributed by atoms with Crippen molar-refractivity contribution in [3.8, 4) is 0 Å². The fraction of sp³-hybridized carbons (Fsp3) is 0.200. The molecule has 86 valence electrons. The molecular formula is C10H11ClN2O3. The third-order valence-electron chi connectivity index (χ3n) is 2.23. The summed E-state index contributed by atoms with van der Waals surface area (Å²) in [5.74, 6) is 0. The van der Waals surface area contributed by atoms with Gasteiger partial charge in [-0.2, -0.15) is 0 Å². The number of aliphatic hydroxyl groups is 1. The van der Waals surface area contributed by atoms with Crippen molar-refractivity contribution in [1.82, 2.24) is 4.98 Å². The standard InChI is InChI=1S/C10H10N2O3.ClH/c1-5-9-7(6(4-13)3-12-5)2-8(11)10(14)15-9;/h2-3,13H,4,11H2,1H3;1H. The van der Waals surface area contributed by atoms with Gasteiger partial charge in [0.15, 0.2) is 5.58 Å². The molecule has 2 aromatic heterocycles. The number of aromatic nitrogens is 1. The highest BCUT2D eigenvalue weighted by molar-refractivity contribution is 5.85. The van der Waals surface area contributed by atoms with Gasteiger partial charge in [-0.1, -0.05) is 0 Å². The van der Waals surface area contributed by atoms with Crippen molar-refractivity contribution < 1.29 is 9.52 Å². The van der Waals surface area contributed by atoms with Gasteiger partial charge in [0.1, 0.15) is 5.69 Å². The lowest BCUT2D eigenvalue weighted by molar-refractivity contribution is 0.282. The van der Waals surface area contributed by atoms with E-state index in [1.807, 2.05) is 0 Å². The van der Waals surface area contributed by atoms with Crippen molar-refractivity contribution in [2.24, 2.45) is 0 Å². The van der Waals surface area contributed by atoms with Gasteiger partial charge in [-0.05, 0) is 13.0 Å². The molecule has 0 unspecified atom stereocenters. The van der Waals surface area contributed by atoms with Crippen molar-refractivity contribution >= 4 is 29.1 Å². The number of pyridine rings is 1. The molecule has 0 bridgehead atoms. The van der Waals surface area contributed by atoms with Gasteiger partial charge in [-0.15, -0.1) is 12.4 Å². The molecule has 2 heterocycles. The van der Waals surface area contributed by atoms with Crippen LogP contribution in [0.5, 0.6) is 0 Å². The minimum absolute atomic E-state index is 0. The van der Waals surface area contributed by atoms with Crippen LogP contribution in [0.25, 0.3) is 11.0 Å². The third kappa shape index (κ3) is 1.87. The minimum atomic E-state index is -0.581. The Labute approximate surface area is 97.3 Å². The van der Waals surface area contributed by atoms with Crippen molar-refractivity contribution in [3.63, 3.8) is 0 Å². The van der Waals surface area contributed by atoms with E-state index >= 15 is 0 Å². The number of aryl methyl sites for hydroxylation is 1. The summed E-state index contributed by atoms with van der Waals surface area (Å²) in [5, 5.41) is 9.71. The van der Waals surface area contributed by atoms with Crippen molar-refractivity contribution in [2.75, 3.05) is 5.73 Å². The molecule has 5 nitrogen and oxygen atoms in total. The number of nitrogen functional groups attached to an aromatic ring is 1. The van der Waals surface area contributed by atoms with Crippen LogP contribution in [0.2, 0.25) is 0 Å². The van der Waals surface area contributed by atoms with Crippen LogP contribution in [-0.2, 0) is 6.61 Å². The molecule has 0 aliphatic carbocycles. The second-order valence-corrected chi connectivity index (χ2v) is 3.26. The topological polar surface area (TPSA) is 89.4 Å². The van der Waals surface area contributed by atoms with Crippen LogP contribution in [0.1, 0.15) is 11.3 Å². The maximum Gasteiger partial charge on any atom is 0.359 e. The van der Waals surface area contributed by atoms with E-state index in [2.05, 4.69) is 4.98 Å². The average molecular weight is 243 g/mol. The molecule has 0 spiro atoms. The fourth-order valence-electron chi connectivity index (χ4n) is 1.42. The second-order valence-electron chi connectivity index (χ2n) is 3.26. The smallest absolute Gasteiger partial charge is 0.359 e. The summed E-state index contributed by atoms with van der Waals surface area (Å²) in [6.07, 6.45) is 1.54. The molecule has 0 saturated carbocycles. The predicted octanol–water partition coefficient (Wildman–Crippen LogP) is 0.993. The number of nitrogens with two attached hydrogens (primary N) is 1. The first kappa shape index (κ1) is 12.5. The predicted molar refractivity (Wildman–Crippen MR) is 62.6 cm³/mol. The molecule has 0 radical (unpaired) electrons. The molecule has 6 heteroatoms. The number of rotatable bonds is 1. The average Bonchev–Trinajstić information content (AvgIpc) is 2.22. The Morgan fingerprint density at radius 3 is 2.88 bits per heavy atom. The molecule has 3 N–H and O–H groups in total. The first-order chi connectivity index (χ1) is 7.13. The first-order valence-corrected chi connectivity index (χ1v) is 4.42. The van der Waals surface area contributed by atoms with Crippen LogP contribution < -0.4 is 11.4 Å². The SMILES string of the molecule is Cc1ncc(CO)c2cc(N)c(=O)oc12.Cl. The van der Waals surface area contributed by atoms with E-state index in [9.17, 15) is 4.79 Å². The minimum Gasteiger partial charge on any atom is -0.419 e. The number of aliphatic hydroxyl groups excluding tert-OH is 1. The Kier molecular flexibility index (Phi) is 3.51. The Bertz CT molecular complexity index is 580. The van der Waals surface area contributed by atoms with E-state index in [1.54, 1.807) is 6.92 Å². The maximum atomic E-state index is 11.2. The number of hydrogen-bond donors (Lipinski definition) is 2. The van der Waals surface area contributed by atoms with Crippen LogP contribution in [0.15, 0.2) is 21.5 Å². The van der Waals surface area contributed by atoms with Crippen molar-refractivity contribution in [2.45, 2.75) is 13.5 Å².